The second-order valence-electron chi connectivity index (χ2n) is 8.03. The molecule has 1 amide bonds. The third-order valence-corrected chi connectivity index (χ3v) is 6.07. The number of amides is 1. The second kappa shape index (κ2) is 8.03. The minimum Gasteiger partial charge on any atom is -0.464 e. The maximum atomic E-state index is 12.6. The van der Waals surface area contributed by atoms with Gasteiger partial charge in [0.05, 0.1) is 6.26 Å². The maximum Gasteiger partial charge on any atom is 0.339 e. The highest BCUT2D eigenvalue weighted by molar-refractivity contribution is 5.99. The van der Waals surface area contributed by atoms with Gasteiger partial charge in [0.1, 0.15) is 11.2 Å². The summed E-state index contributed by atoms with van der Waals surface area (Å²) in [4.78, 5) is 24.9. The lowest BCUT2D eigenvalue weighted by Crippen LogP contribution is -2.32. The van der Waals surface area contributed by atoms with Gasteiger partial charge in [-0.3, -0.25) is 4.79 Å². The molecule has 0 bridgehead atoms. The smallest absolute Gasteiger partial charge is 0.339 e. The van der Waals surface area contributed by atoms with Crippen LogP contribution in [0, 0.1) is 26.7 Å². The van der Waals surface area contributed by atoms with Gasteiger partial charge in [-0.15, -0.1) is 0 Å². The SMILES string of the molecule is Cc1coc2c(C)c3oc(=O)c(CCC(=O)NCC4CCOCC4)c(C)c3cc12. The molecule has 0 radical (unpaired) electrons. The van der Waals surface area contributed by atoms with Crippen molar-refractivity contribution in [3.8, 4) is 0 Å². The van der Waals surface area contributed by atoms with Crippen molar-refractivity contribution >= 4 is 27.8 Å². The van der Waals surface area contributed by atoms with Crippen LogP contribution in [0.15, 0.2) is 26.0 Å². The maximum absolute atomic E-state index is 12.6. The summed E-state index contributed by atoms with van der Waals surface area (Å²) < 4.78 is 16.6. The Bertz CT molecular complexity index is 1120. The third kappa shape index (κ3) is 3.81. The van der Waals surface area contributed by atoms with E-state index in [4.69, 9.17) is 13.6 Å². The van der Waals surface area contributed by atoms with Crippen LogP contribution in [-0.4, -0.2) is 25.7 Å². The lowest BCUT2D eigenvalue weighted by Gasteiger charge is -2.22. The van der Waals surface area contributed by atoms with Crippen LogP contribution in [-0.2, 0) is 16.0 Å². The van der Waals surface area contributed by atoms with Gasteiger partial charge in [0.25, 0.3) is 0 Å². The van der Waals surface area contributed by atoms with Gasteiger partial charge in [-0.1, -0.05) is 0 Å². The molecule has 4 rings (SSSR count). The quantitative estimate of drug-likeness (QED) is 0.660. The summed E-state index contributed by atoms with van der Waals surface area (Å²) in [5.41, 5.74) is 4.24. The Morgan fingerprint density at radius 1 is 1.10 bits per heavy atom. The molecule has 1 aliphatic rings. The molecule has 6 nitrogen and oxygen atoms in total. The largest absolute Gasteiger partial charge is 0.464 e. The minimum atomic E-state index is -0.377. The van der Waals surface area contributed by atoms with Crippen molar-refractivity contribution < 1.29 is 18.4 Å². The van der Waals surface area contributed by atoms with Crippen molar-refractivity contribution in [1.82, 2.24) is 5.32 Å². The van der Waals surface area contributed by atoms with Gasteiger partial charge in [0, 0.05) is 48.1 Å². The Balaban J connectivity index is 1.54. The summed E-state index contributed by atoms with van der Waals surface area (Å²) in [6, 6.07) is 2.02. The number of benzene rings is 1. The number of hydrogen-bond donors (Lipinski definition) is 1. The fraction of sp³-hybridized carbons (Fsp3) is 0.478. The summed E-state index contributed by atoms with van der Waals surface area (Å²) in [6.07, 6.45) is 4.31. The molecule has 6 heteroatoms. The number of furan rings is 1. The van der Waals surface area contributed by atoms with Crippen LogP contribution in [0.3, 0.4) is 0 Å². The van der Waals surface area contributed by atoms with Crippen LogP contribution < -0.4 is 10.9 Å². The predicted molar refractivity (Wildman–Crippen MR) is 111 cm³/mol. The Morgan fingerprint density at radius 3 is 2.62 bits per heavy atom. The van der Waals surface area contributed by atoms with E-state index in [1.165, 1.54) is 0 Å². The molecule has 3 aromatic rings. The fourth-order valence-electron chi connectivity index (χ4n) is 4.14. The van der Waals surface area contributed by atoms with Crippen LogP contribution in [0.4, 0.5) is 0 Å². The molecule has 1 aromatic carbocycles. The van der Waals surface area contributed by atoms with Gasteiger partial charge in [0.2, 0.25) is 5.91 Å². The van der Waals surface area contributed by atoms with Gasteiger partial charge in [-0.25, -0.2) is 4.79 Å². The molecule has 1 saturated heterocycles. The van der Waals surface area contributed by atoms with Gasteiger partial charge in [-0.05, 0) is 63.1 Å². The van der Waals surface area contributed by atoms with E-state index in [1.807, 2.05) is 26.8 Å². The summed E-state index contributed by atoms with van der Waals surface area (Å²) in [6.45, 7) is 8.02. The van der Waals surface area contributed by atoms with Crippen LogP contribution in [0.25, 0.3) is 21.9 Å². The van der Waals surface area contributed by atoms with Crippen LogP contribution in [0.2, 0.25) is 0 Å². The Morgan fingerprint density at radius 2 is 1.86 bits per heavy atom. The average Bonchev–Trinajstić information content (AvgIpc) is 3.09. The van der Waals surface area contributed by atoms with Gasteiger partial charge >= 0.3 is 5.63 Å². The van der Waals surface area contributed by atoms with Gasteiger partial charge in [0.15, 0.2) is 0 Å². The highest BCUT2D eigenvalue weighted by atomic mass is 16.5. The monoisotopic (exact) mass is 397 g/mol. The topological polar surface area (TPSA) is 81.7 Å². The molecule has 0 atom stereocenters. The number of hydrogen-bond acceptors (Lipinski definition) is 5. The van der Waals surface area contributed by atoms with E-state index >= 15 is 0 Å². The van der Waals surface area contributed by atoms with Crippen LogP contribution >= 0.6 is 0 Å². The summed E-state index contributed by atoms with van der Waals surface area (Å²) in [7, 11) is 0. The van der Waals surface area contributed by atoms with Crippen molar-refractivity contribution in [3.05, 3.63) is 45.0 Å². The highest BCUT2D eigenvalue weighted by Crippen LogP contribution is 2.32. The van der Waals surface area contributed by atoms with Crippen LogP contribution in [0.5, 0.6) is 0 Å². The molecule has 2 aromatic heterocycles. The molecule has 0 unspecified atom stereocenters. The molecule has 0 spiro atoms. The van der Waals surface area contributed by atoms with Crippen molar-refractivity contribution in [2.45, 2.75) is 46.5 Å². The zero-order valence-electron chi connectivity index (χ0n) is 17.2. The van der Waals surface area contributed by atoms with E-state index in [1.54, 1.807) is 6.26 Å². The molecule has 3 heterocycles. The van der Waals surface area contributed by atoms with Crippen molar-refractivity contribution in [2.24, 2.45) is 5.92 Å². The van der Waals surface area contributed by atoms with E-state index in [0.29, 0.717) is 30.0 Å². The van der Waals surface area contributed by atoms with Crippen LogP contribution in [0.1, 0.15) is 41.5 Å². The first-order valence-electron chi connectivity index (χ1n) is 10.2. The molecular formula is C23H27NO5. The highest BCUT2D eigenvalue weighted by Gasteiger charge is 2.19. The van der Waals surface area contributed by atoms with Gasteiger partial charge in [-0.2, -0.15) is 0 Å². The second-order valence-corrected chi connectivity index (χ2v) is 8.03. The molecule has 154 valence electrons. The van der Waals surface area contributed by atoms with E-state index in [0.717, 1.165) is 59.1 Å². The Hall–Kier alpha value is -2.60. The number of aryl methyl sites for hydroxylation is 3. The van der Waals surface area contributed by atoms with Crippen molar-refractivity contribution in [2.75, 3.05) is 19.8 Å². The van der Waals surface area contributed by atoms with E-state index in [9.17, 15) is 9.59 Å². The van der Waals surface area contributed by atoms with Crippen molar-refractivity contribution in [3.63, 3.8) is 0 Å². The van der Waals surface area contributed by atoms with E-state index < -0.39 is 0 Å². The van der Waals surface area contributed by atoms with Gasteiger partial charge < -0.3 is 18.9 Å². The molecule has 1 N–H and O–H groups in total. The predicted octanol–water partition coefficient (Wildman–Crippen LogP) is 3.94. The first kappa shape index (κ1) is 19.7. The summed E-state index contributed by atoms with van der Waals surface area (Å²) in [5.74, 6) is 0.441. The average molecular weight is 397 g/mol. The number of carbonyl (C=O) groups excluding carboxylic acids is 1. The minimum absolute atomic E-state index is 0.0345. The molecule has 1 fully saturated rings. The summed E-state index contributed by atoms with van der Waals surface area (Å²) in [5, 5.41) is 4.92. The number of fused-ring (bicyclic) bond motifs is 2. The lowest BCUT2D eigenvalue weighted by molar-refractivity contribution is -0.121. The lowest BCUT2D eigenvalue weighted by atomic mass is 9.98. The Labute approximate surface area is 169 Å². The van der Waals surface area contributed by atoms with Crippen molar-refractivity contribution in [1.29, 1.82) is 0 Å². The zero-order valence-corrected chi connectivity index (χ0v) is 17.2. The zero-order chi connectivity index (χ0) is 20.5. The number of nitrogens with one attached hydrogen (secondary N) is 1. The van der Waals surface area contributed by atoms with E-state index in [-0.39, 0.29) is 18.0 Å². The standard InChI is InChI=1S/C23H27NO5/c1-13-12-28-21-15(3)22-19(10-18(13)21)14(2)17(23(26)29-22)4-5-20(25)24-11-16-6-8-27-9-7-16/h10,12,16H,4-9,11H2,1-3H3,(H,24,25). The number of carbonyl (C=O) groups is 1. The molecule has 0 saturated carbocycles. The molecule has 1 aliphatic heterocycles. The number of rotatable bonds is 5. The third-order valence-electron chi connectivity index (χ3n) is 6.07. The normalized spacial score (nSPS) is 15.3. The molecule has 0 aliphatic carbocycles. The summed E-state index contributed by atoms with van der Waals surface area (Å²) >= 11 is 0. The first-order chi connectivity index (χ1) is 14.0. The molecular weight excluding hydrogens is 370 g/mol. The first-order valence-corrected chi connectivity index (χ1v) is 10.2. The van der Waals surface area contributed by atoms with E-state index in [2.05, 4.69) is 5.32 Å². The fourth-order valence-corrected chi connectivity index (χ4v) is 4.14. The Kier molecular flexibility index (Phi) is 5.46. The number of ether oxygens (including phenoxy) is 1. The molecule has 29 heavy (non-hydrogen) atoms.